The van der Waals surface area contributed by atoms with Crippen molar-refractivity contribution in [1.82, 2.24) is 9.88 Å². The van der Waals surface area contributed by atoms with Gasteiger partial charge in [0.05, 0.1) is 11.6 Å². The molecule has 5 nitrogen and oxygen atoms in total. The van der Waals surface area contributed by atoms with Crippen LogP contribution in [0.15, 0.2) is 53.9 Å². The summed E-state index contributed by atoms with van der Waals surface area (Å²) < 4.78 is 7.32. The molecule has 0 radical (unpaired) electrons. The highest BCUT2D eigenvalue weighted by molar-refractivity contribution is 7.10. The van der Waals surface area contributed by atoms with Crippen LogP contribution in [-0.4, -0.2) is 23.1 Å². The molecule has 1 aromatic carbocycles. The number of aryl methyl sites for hydroxylation is 1. The lowest BCUT2D eigenvalue weighted by Crippen LogP contribution is -2.30. The Kier molecular flexibility index (Phi) is 6.31. The first-order valence-electron chi connectivity index (χ1n) is 9.16. The van der Waals surface area contributed by atoms with E-state index >= 15 is 0 Å². The van der Waals surface area contributed by atoms with E-state index in [0.29, 0.717) is 12.1 Å². The van der Waals surface area contributed by atoms with Crippen molar-refractivity contribution in [3.8, 4) is 0 Å². The molecule has 0 bridgehead atoms. The van der Waals surface area contributed by atoms with Gasteiger partial charge in [0.2, 0.25) is 0 Å². The summed E-state index contributed by atoms with van der Waals surface area (Å²) in [7, 11) is 0. The van der Waals surface area contributed by atoms with Gasteiger partial charge in [0.1, 0.15) is 0 Å². The number of amides is 1. The highest BCUT2D eigenvalue weighted by Gasteiger charge is 2.19. The third-order valence-electron chi connectivity index (χ3n) is 4.66. The van der Waals surface area contributed by atoms with E-state index in [9.17, 15) is 9.59 Å². The number of hydrogen-bond donors (Lipinski definition) is 1. The van der Waals surface area contributed by atoms with E-state index in [4.69, 9.17) is 4.74 Å². The van der Waals surface area contributed by atoms with E-state index in [0.717, 1.165) is 21.8 Å². The van der Waals surface area contributed by atoms with Crippen LogP contribution in [0.5, 0.6) is 0 Å². The zero-order chi connectivity index (χ0) is 20.1. The molecule has 0 fully saturated rings. The molecule has 2 heterocycles. The number of benzene rings is 1. The van der Waals surface area contributed by atoms with Gasteiger partial charge in [0.15, 0.2) is 6.61 Å². The fraction of sp³-hybridized carbons (Fsp3) is 0.273. The van der Waals surface area contributed by atoms with E-state index in [1.165, 1.54) is 0 Å². The van der Waals surface area contributed by atoms with Crippen molar-refractivity contribution in [3.05, 3.63) is 81.3 Å². The maximum absolute atomic E-state index is 12.5. The molecule has 0 saturated carbocycles. The van der Waals surface area contributed by atoms with E-state index in [2.05, 4.69) is 22.0 Å². The van der Waals surface area contributed by atoms with E-state index in [-0.39, 0.29) is 18.6 Å². The lowest BCUT2D eigenvalue weighted by atomic mass is 10.2. The maximum atomic E-state index is 12.5. The molecule has 0 aliphatic carbocycles. The second-order valence-corrected chi connectivity index (χ2v) is 7.72. The summed E-state index contributed by atoms with van der Waals surface area (Å²) in [6, 6.07) is 15.7. The van der Waals surface area contributed by atoms with Gasteiger partial charge in [-0.25, -0.2) is 4.79 Å². The van der Waals surface area contributed by atoms with Crippen LogP contribution in [-0.2, 0) is 16.1 Å². The topological polar surface area (TPSA) is 60.3 Å². The Labute approximate surface area is 169 Å². The van der Waals surface area contributed by atoms with Gasteiger partial charge < -0.3 is 14.6 Å². The van der Waals surface area contributed by atoms with Gasteiger partial charge in [0.25, 0.3) is 5.91 Å². The van der Waals surface area contributed by atoms with Gasteiger partial charge in [-0.3, -0.25) is 4.79 Å². The minimum Gasteiger partial charge on any atom is -0.452 e. The standard InChI is InChI=1S/C22H24N2O3S/c1-15-12-19(17(3)24(15)13-18-8-5-4-6-9-18)22(26)27-14-21(25)23-16(2)20-10-7-11-28-20/h4-12,16H,13-14H2,1-3H3,(H,23,25)/t16-/m0/s1. The summed E-state index contributed by atoms with van der Waals surface area (Å²) in [5.41, 5.74) is 3.46. The molecule has 146 valence electrons. The van der Waals surface area contributed by atoms with Crippen LogP contribution >= 0.6 is 11.3 Å². The van der Waals surface area contributed by atoms with Crippen LogP contribution in [0.3, 0.4) is 0 Å². The number of thiophene rings is 1. The molecule has 6 heteroatoms. The van der Waals surface area contributed by atoms with Crippen molar-refractivity contribution in [2.24, 2.45) is 0 Å². The highest BCUT2D eigenvalue weighted by atomic mass is 32.1. The lowest BCUT2D eigenvalue weighted by Gasteiger charge is -2.12. The molecule has 3 aromatic rings. The van der Waals surface area contributed by atoms with Crippen molar-refractivity contribution >= 4 is 23.2 Å². The molecule has 0 unspecified atom stereocenters. The molecule has 28 heavy (non-hydrogen) atoms. The number of nitrogens with zero attached hydrogens (tertiary/aromatic N) is 1. The smallest absolute Gasteiger partial charge is 0.340 e. The second kappa shape index (κ2) is 8.89. The first-order valence-corrected chi connectivity index (χ1v) is 10.0. The number of nitrogens with one attached hydrogen (secondary N) is 1. The van der Waals surface area contributed by atoms with Crippen LogP contribution in [0, 0.1) is 13.8 Å². The number of carbonyl (C=O) groups excluding carboxylic acids is 2. The number of ether oxygens (including phenoxy) is 1. The van der Waals surface area contributed by atoms with Crippen LogP contribution < -0.4 is 5.32 Å². The third kappa shape index (κ3) is 4.70. The van der Waals surface area contributed by atoms with Gasteiger partial charge in [-0.05, 0) is 43.8 Å². The second-order valence-electron chi connectivity index (χ2n) is 6.74. The molecule has 2 aromatic heterocycles. The zero-order valence-electron chi connectivity index (χ0n) is 16.3. The fourth-order valence-electron chi connectivity index (χ4n) is 3.12. The van der Waals surface area contributed by atoms with Crippen LogP contribution in [0.1, 0.15) is 45.2 Å². The van der Waals surface area contributed by atoms with Gasteiger partial charge in [-0.2, -0.15) is 0 Å². The first kappa shape index (κ1) is 19.9. The molecule has 1 N–H and O–H groups in total. The number of rotatable bonds is 7. The van der Waals surface area contributed by atoms with Crippen molar-refractivity contribution in [2.45, 2.75) is 33.4 Å². The Morgan fingerprint density at radius 3 is 2.57 bits per heavy atom. The lowest BCUT2D eigenvalue weighted by molar-refractivity contribution is -0.124. The number of esters is 1. The minimum absolute atomic E-state index is 0.109. The predicted octanol–water partition coefficient (Wildman–Crippen LogP) is 4.25. The summed E-state index contributed by atoms with van der Waals surface area (Å²) in [4.78, 5) is 25.6. The van der Waals surface area contributed by atoms with Crippen LogP contribution in [0.25, 0.3) is 0 Å². The Hall–Kier alpha value is -2.86. The first-order chi connectivity index (χ1) is 13.5. The number of aromatic nitrogens is 1. The van der Waals surface area contributed by atoms with Gasteiger partial charge in [-0.1, -0.05) is 36.4 Å². The summed E-state index contributed by atoms with van der Waals surface area (Å²) in [5, 5.41) is 4.80. The van der Waals surface area contributed by atoms with E-state index in [1.807, 2.05) is 62.5 Å². The highest BCUT2D eigenvalue weighted by Crippen LogP contribution is 2.19. The van der Waals surface area contributed by atoms with Crippen LogP contribution in [0.4, 0.5) is 0 Å². The number of hydrogen-bond acceptors (Lipinski definition) is 4. The Morgan fingerprint density at radius 2 is 1.89 bits per heavy atom. The van der Waals surface area contributed by atoms with E-state index in [1.54, 1.807) is 11.3 Å². The summed E-state index contributed by atoms with van der Waals surface area (Å²) in [6.07, 6.45) is 0. The molecular weight excluding hydrogens is 372 g/mol. The third-order valence-corrected chi connectivity index (χ3v) is 5.71. The zero-order valence-corrected chi connectivity index (χ0v) is 17.1. The van der Waals surface area contributed by atoms with Gasteiger partial charge in [-0.15, -0.1) is 11.3 Å². The molecule has 0 saturated heterocycles. The van der Waals surface area contributed by atoms with Crippen molar-refractivity contribution in [1.29, 1.82) is 0 Å². The Balaban J connectivity index is 1.60. The summed E-state index contributed by atoms with van der Waals surface area (Å²) in [6.45, 7) is 6.15. The largest absolute Gasteiger partial charge is 0.452 e. The quantitative estimate of drug-likeness (QED) is 0.608. The van der Waals surface area contributed by atoms with Crippen molar-refractivity contribution in [2.75, 3.05) is 6.61 Å². The Bertz CT molecular complexity index is 946. The average molecular weight is 397 g/mol. The maximum Gasteiger partial charge on any atom is 0.340 e. The molecule has 0 spiro atoms. The average Bonchev–Trinajstić information content (AvgIpc) is 3.31. The van der Waals surface area contributed by atoms with E-state index < -0.39 is 5.97 Å². The summed E-state index contributed by atoms with van der Waals surface area (Å²) in [5.74, 6) is -0.793. The van der Waals surface area contributed by atoms with Crippen molar-refractivity contribution < 1.29 is 14.3 Å². The molecule has 0 aliphatic rings. The normalized spacial score (nSPS) is 11.8. The minimum atomic E-state index is -0.480. The SMILES string of the molecule is Cc1cc(C(=O)OCC(=O)N[C@@H](C)c2cccs2)c(C)n1Cc1ccccc1. The predicted molar refractivity (Wildman–Crippen MR) is 111 cm³/mol. The summed E-state index contributed by atoms with van der Waals surface area (Å²) >= 11 is 1.58. The molecule has 3 rings (SSSR count). The van der Waals surface area contributed by atoms with Crippen molar-refractivity contribution in [3.63, 3.8) is 0 Å². The van der Waals surface area contributed by atoms with Crippen LogP contribution in [0.2, 0.25) is 0 Å². The monoisotopic (exact) mass is 396 g/mol. The molecular formula is C22H24N2O3S. The molecule has 0 aliphatic heterocycles. The molecule has 1 atom stereocenters. The number of carbonyl (C=O) groups is 2. The van der Waals surface area contributed by atoms with Gasteiger partial charge in [0, 0.05) is 22.8 Å². The van der Waals surface area contributed by atoms with Gasteiger partial charge >= 0.3 is 5.97 Å². The fourth-order valence-corrected chi connectivity index (χ4v) is 3.85. The Morgan fingerprint density at radius 1 is 1.14 bits per heavy atom. The molecule has 1 amide bonds.